The fourth-order valence-electron chi connectivity index (χ4n) is 2.45. The number of hydrogen-bond acceptors (Lipinski definition) is 3. The molecule has 3 N–H and O–H groups in total. The van der Waals surface area contributed by atoms with Crippen LogP contribution in [0.1, 0.15) is 30.2 Å². The van der Waals surface area contributed by atoms with E-state index in [0.29, 0.717) is 6.54 Å². The third kappa shape index (κ3) is 5.30. The van der Waals surface area contributed by atoms with Crippen molar-refractivity contribution < 1.29 is 4.74 Å². The zero-order chi connectivity index (χ0) is 17.2. The molecule has 2 rings (SSSR count). The van der Waals surface area contributed by atoms with Gasteiger partial charge in [-0.15, -0.1) is 0 Å². The largest absolute Gasteiger partial charge is 0.496 e. The number of benzene rings is 1. The zero-order valence-electron chi connectivity index (χ0n) is 14.7. The Morgan fingerprint density at radius 2 is 2.08 bits per heavy atom. The Morgan fingerprint density at radius 1 is 1.25 bits per heavy atom. The number of aromatic amines is 1. The minimum absolute atomic E-state index is 0.584. The van der Waals surface area contributed by atoms with Gasteiger partial charge in [0.25, 0.3) is 0 Å². The van der Waals surface area contributed by atoms with Crippen LogP contribution in [0.3, 0.4) is 0 Å². The average Bonchev–Trinajstić information content (AvgIpc) is 3.01. The lowest BCUT2D eigenvalue weighted by Gasteiger charge is -2.12. The number of methoxy groups -OCH3 is 1. The number of guanidine groups is 1. The van der Waals surface area contributed by atoms with Gasteiger partial charge >= 0.3 is 0 Å². The Morgan fingerprint density at radius 3 is 2.79 bits per heavy atom. The van der Waals surface area contributed by atoms with E-state index in [1.807, 2.05) is 30.5 Å². The second-order valence-corrected chi connectivity index (χ2v) is 5.56. The summed E-state index contributed by atoms with van der Waals surface area (Å²) in [6.45, 7) is 6.39. The molecule has 1 heterocycles. The van der Waals surface area contributed by atoms with Crippen LogP contribution in [0.4, 0.5) is 0 Å². The molecule has 0 radical (unpaired) electrons. The van der Waals surface area contributed by atoms with Gasteiger partial charge in [0.1, 0.15) is 5.75 Å². The van der Waals surface area contributed by atoms with E-state index in [0.717, 1.165) is 48.9 Å². The third-order valence-corrected chi connectivity index (χ3v) is 3.79. The molecule has 0 saturated heterocycles. The number of H-pyrrole nitrogens is 1. The van der Waals surface area contributed by atoms with Crippen molar-refractivity contribution in [2.75, 3.05) is 20.2 Å². The zero-order valence-corrected chi connectivity index (χ0v) is 14.7. The number of aromatic nitrogens is 2. The summed E-state index contributed by atoms with van der Waals surface area (Å²) in [6, 6.07) is 7.96. The lowest BCUT2D eigenvalue weighted by molar-refractivity contribution is 0.410. The van der Waals surface area contributed by atoms with Crippen LogP contribution in [0, 0.1) is 6.92 Å². The second kappa shape index (κ2) is 9.60. The van der Waals surface area contributed by atoms with Crippen molar-refractivity contribution >= 4 is 5.96 Å². The maximum absolute atomic E-state index is 5.37. The Kier molecular flexibility index (Phi) is 7.14. The topological polar surface area (TPSA) is 74.3 Å². The van der Waals surface area contributed by atoms with E-state index < -0.39 is 0 Å². The number of aryl methyl sites for hydroxylation is 2. The highest BCUT2D eigenvalue weighted by Gasteiger charge is 2.03. The van der Waals surface area contributed by atoms with Crippen molar-refractivity contribution in [3.63, 3.8) is 0 Å². The smallest absolute Gasteiger partial charge is 0.191 e. The SMILES string of the molecule is CCNC(=NCc1ccccc1OC)NCCCc1cn[nH]c1C. The van der Waals surface area contributed by atoms with Gasteiger partial charge < -0.3 is 15.4 Å². The van der Waals surface area contributed by atoms with E-state index in [1.165, 1.54) is 5.56 Å². The molecule has 0 fully saturated rings. The highest BCUT2D eigenvalue weighted by molar-refractivity contribution is 5.79. The number of aliphatic imine (C=N–C) groups is 1. The highest BCUT2D eigenvalue weighted by Crippen LogP contribution is 2.17. The van der Waals surface area contributed by atoms with Crippen molar-refractivity contribution in [3.05, 3.63) is 47.3 Å². The molecule has 6 nitrogen and oxygen atoms in total. The monoisotopic (exact) mass is 329 g/mol. The third-order valence-electron chi connectivity index (χ3n) is 3.79. The van der Waals surface area contributed by atoms with E-state index in [2.05, 4.69) is 39.7 Å². The van der Waals surface area contributed by atoms with Crippen molar-refractivity contribution in [1.29, 1.82) is 0 Å². The Labute approximate surface area is 143 Å². The van der Waals surface area contributed by atoms with Crippen LogP contribution in [-0.4, -0.2) is 36.4 Å². The molecule has 2 aromatic rings. The summed E-state index contributed by atoms with van der Waals surface area (Å²) in [5.74, 6) is 1.69. The number of nitrogens with one attached hydrogen (secondary N) is 3. The normalized spacial score (nSPS) is 11.4. The van der Waals surface area contributed by atoms with E-state index >= 15 is 0 Å². The van der Waals surface area contributed by atoms with Gasteiger partial charge in [-0.05, 0) is 38.3 Å². The first kappa shape index (κ1) is 17.8. The molecular formula is C18H27N5O. The van der Waals surface area contributed by atoms with Crippen LogP contribution in [-0.2, 0) is 13.0 Å². The Hall–Kier alpha value is -2.50. The van der Waals surface area contributed by atoms with E-state index in [-0.39, 0.29) is 0 Å². The molecule has 1 aromatic carbocycles. The van der Waals surface area contributed by atoms with Crippen molar-refractivity contribution in [2.45, 2.75) is 33.2 Å². The van der Waals surface area contributed by atoms with Gasteiger partial charge in [0.05, 0.1) is 19.9 Å². The van der Waals surface area contributed by atoms with Crippen molar-refractivity contribution in [2.24, 2.45) is 4.99 Å². The first-order chi connectivity index (χ1) is 11.7. The molecule has 0 spiro atoms. The van der Waals surface area contributed by atoms with Gasteiger partial charge in [-0.25, -0.2) is 4.99 Å². The van der Waals surface area contributed by atoms with E-state index in [1.54, 1.807) is 7.11 Å². The van der Waals surface area contributed by atoms with Crippen LogP contribution in [0.2, 0.25) is 0 Å². The quantitative estimate of drug-likeness (QED) is 0.395. The van der Waals surface area contributed by atoms with Gasteiger partial charge in [0, 0.05) is 24.3 Å². The van der Waals surface area contributed by atoms with Crippen LogP contribution in [0.25, 0.3) is 0 Å². The number of para-hydroxylation sites is 1. The summed E-state index contributed by atoms with van der Waals surface area (Å²) in [5, 5.41) is 13.7. The van der Waals surface area contributed by atoms with Gasteiger partial charge in [-0.1, -0.05) is 18.2 Å². The van der Waals surface area contributed by atoms with E-state index in [4.69, 9.17) is 4.74 Å². The maximum Gasteiger partial charge on any atom is 0.191 e. The molecular weight excluding hydrogens is 302 g/mol. The molecule has 0 aliphatic heterocycles. The standard InChI is InChI=1S/C18H27N5O/c1-4-19-18(20-11-7-9-15-13-22-23-14(15)2)21-12-16-8-5-6-10-17(16)24-3/h5-6,8,10,13H,4,7,9,11-12H2,1-3H3,(H,22,23)(H2,19,20,21). The molecule has 6 heteroatoms. The Bertz CT molecular complexity index is 650. The van der Waals surface area contributed by atoms with Crippen LogP contribution >= 0.6 is 0 Å². The first-order valence-corrected chi connectivity index (χ1v) is 8.37. The molecule has 0 saturated carbocycles. The average molecular weight is 329 g/mol. The molecule has 0 unspecified atom stereocenters. The molecule has 0 atom stereocenters. The van der Waals surface area contributed by atoms with Crippen molar-refractivity contribution in [3.8, 4) is 5.75 Å². The maximum atomic E-state index is 5.37. The van der Waals surface area contributed by atoms with E-state index in [9.17, 15) is 0 Å². The number of rotatable bonds is 8. The fraction of sp³-hybridized carbons (Fsp3) is 0.444. The number of ether oxygens (including phenoxy) is 1. The minimum atomic E-state index is 0.584. The molecule has 24 heavy (non-hydrogen) atoms. The predicted molar refractivity (Wildman–Crippen MR) is 97.5 cm³/mol. The number of nitrogens with zero attached hydrogens (tertiary/aromatic N) is 2. The summed E-state index contributed by atoms with van der Waals surface area (Å²) in [7, 11) is 1.68. The molecule has 0 aliphatic carbocycles. The molecule has 0 bridgehead atoms. The first-order valence-electron chi connectivity index (χ1n) is 8.37. The summed E-state index contributed by atoms with van der Waals surface area (Å²) >= 11 is 0. The van der Waals surface area contributed by atoms with Gasteiger partial charge in [-0.2, -0.15) is 5.10 Å². The van der Waals surface area contributed by atoms with Crippen LogP contribution in [0.5, 0.6) is 5.75 Å². The number of hydrogen-bond donors (Lipinski definition) is 3. The fourth-order valence-corrected chi connectivity index (χ4v) is 2.45. The molecule has 130 valence electrons. The lowest BCUT2D eigenvalue weighted by atomic mass is 10.1. The lowest BCUT2D eigenvalue weighted by Crippen LogP contribution is -2.37. The van der Waals surface area contributed by atoms with Crippen molar-refractivity contribution in [1.82, 2.24) is 20.8 Å². The molecule has 0 aliphatic rings. The van der Waals surface area contributed by atoms with Gasteiger partial charge in [0.15, 0.2) is 5.96 Å². The summed E-state index contributed by atoms with van der Waals surface area (Å²) in [4.78, 5) is 4.64. The van der Waals surface area contributed by atoms with Gasteiger partial charge in [-0.3, -0.25) is 5.10 Å². The Balaban J connectivity index is 1.85. The predicted octanol–water partition coefficient (Wildman–Crippen LogP) is 2.41. The van der Waals surface area contributed by atoms with Gasteiger partial charge in [0.2, 0.25) is 0 Å². The minimum Gasteiger partial charge on any atom is -0.496 e. The summed E-state index contributed by atoms with van der Waals surface area (Å²) < 4.78 is 5.37. The summed E-state index contributed by atoms with van der Waals surface area (Å²) in [5.41, 5.74) is 3.49. The molecule has 0 amide bonds. The second-order valence-electron chi connectivity index (χ2n) is 5.56. The van der Waals surface area contributed by atoms with Crippen LogP contribution in [0.15, 0.2) is 35.5 Å². The molecule has 1 aromatic heterocycles. The van der Waals surface area contributed by atoms with Crippen LogP contribution < -0.4 is 15.4 Å². The highest BCUT2D eigenvalue weighted by atomic mass is 16.5. The summed E-state index contributed by atoms with van der Waals surface area (Å²) in [6.07, 6.45) is 3.93.